The molecule has 0 bridgehead atoms. The summed E-state index contributed by atoms with van der Waals surface area (Å²) in [6.07, 6.45) is 0. The fourth-order valence-electron chi connectivity index (χ4n) is 3.07. The van der Waals surface area contributed by atoms with Crippen molar-refractivity contribution in [3.63, 3.8) is 0 Å². The molecule has 7 heteroatoms. The van der Waals surface area contributed by atoms with Gasteiger partial charge in [0.2, 0.25) is 0 Å². The van der Waals surface area contributed by atoms with Gasteiger partial charge in [0.1, 0.15) is 11.6 Å². The first kappa shape index (κ1) is 17.5. The van der Waals surface area contributed by atoms with Crippen molar-refractivity contribution in [1.29, 1.82) is 0 Å². The van der Waals surface area contributed by atoms with Crippen LogP contribution in [0.4, 0.5) is 15.8 Å². The zero-order valence-corrected chi connectivity index (χ0v) is 15.4. The van der Waals surface area contributed by atoms with E-state index in [1.165, 1.54) is 6.07 Å². The highest BCUT2D eigenvalue weighted by atomic mass is 79.9. The van der Waals surface area contributed by atoms with Crippen molar-refractivity contribution in [2.75, 3.05) is 43.1 Å². The third-order valence-electron chi connectivity index (χ3n) is 4.32. The van der Waals surface area contributed by atoms with Crippen LogP contribution in [0.2, 0.25) is 0 Å². The number of carbonyl (C=O) groups excluding carboxylic acids is 1. The smallest absolute Gasteiger partial charge is 0.253 e. The van der Waals surface area contributed by atoms with E-state index in [-0.39, 0.29) is 5.56 Å². The summed E-state index contributed by atoms with van der Waals surface area (Å²) < 4.78 is 20.0. The summed E-state index contributed by atoms with van der Waals surface area (Å²) in [5.74, 6) is -0.549. The largest absolute Gasteiger partial charge is 0.497 e. The van der Waals surface area contributed by atoms with E-state index in [0.717, 1.165) is 24.5 Å². The van der Waals surface area contributed by atoms with E-state index in [4.69, 9.17) is 10.5 Å². The average Bonchev–Trinajstić information content (AvgIpc) is 2.61. The molecule has 3 rings (SSSR count). The lowest BCUT2D eigenvalue weighted by Crippen LogP contribution is -2.47. The van der Waals surface area contributed by atoms with Gasteiger partial charge < -0.3 is 20.3 Å². The van der Waals surface area contributed by atoms with Crippen LogP contribution in [0, 0.1) is 5.82 Å². The number of ether oxygens (including phenoxy) is 1. The molecule has 0 atom stereocenters. The first-order valence-electron chi connectivity index (χ1n) is 7.92. The van der Waals surface area contributed by atoms with Crippen LogP contribution in [-0.4, -0.2) is 39.2 Å². The maximum Gasteiger partial charge on any atom is 0.253 e. The van der Waals surface area contributed by atoms with E-state index in [2.05, 4.69) is 20.8 Å². The van der Waals surface area contributed by atoms with Gasteiger partial charge in [0.15, 0.2) is 0 Å². The van der Waals surface area contributed by atoms with Crippen LogP contribution in [-0.2, 0) is 0 Å². The minimum Gasteiger partial charge on any atom is -0.497 e. The number of nitrogens with zero attached hydrogens (tertiary/aromatic N) is 2. The fourth-order valence-corrected chi connectivity index (χ4v) is 3.48. The lowest BCUT2D eigenvalue weighted by Gasteiger charge is -2.38. The molecule has 2 aromatic carbocycles. The standard InChI is InChI=1S/C18H19BrFN3O2/c1-25-14-4-2-3-13(11-14)22-5-7-23(8-6-22)16-10-12(19)9-15(20)17(16)18(21)24/h2-4,9-11H,5-8H2,1H3,(H2,21,24). The first-order chi connectivity index (χ1) is 12.0. The van der Waals surface area contributed by atoms with Crippen molar-refractivity contribution in [2.45, 2.75) is 0 Å². The number of piperazine rings is 1. The molecule has 0 aromatic heterocycles. The molecule has 1 amide bonds. The van der Waals surface area contributed by atoms with Gasteiger partial charge in [-0.05, 0) is 24.3 Å². The molecule has 132 valence electrons. The summed E-state index contributed by atoms with van der Waals surface area (Å²) >= 11 is 3.28. The average molecular weight is 408 g/mol. The quantitative estimate of drug-likeness (QED) is 0.845. The minimum absolute atomic E-state index is 0.0574. The fraction of sp³-hybridized carbons (Fsp3) is 0.278. The Morgan fingerprint density at radius 2 is 1.84 bits per heavy atom. The van der Waals surface area contributed by atoms with Crippen molar-refractivity contribution in [3.05, 3.63) is 52.3 Å². The minimum atomic E-state index is -0.754. The number of benzene rings is 2. The zero-order valence-electron chi connectivity index (χ0n) is 13.8. The second kappa shape index (κ2) is 7.31. The Hall–Kier alpha value is -2.28. The van der Waals surface area contributed by atoms with Gasteiger partial charge in [0.05, 0.1) is 18.4 Å². The monoisotopic (exact) mass is 407 g/mol. The van der Waals surface area contributed by atoms with E-state index in [0.29, 0.717) is 23.2 Å². The van der Waals surface area contributed by atoms with E-state index in [1.807, 2.05) is 29.2 Å². The molecule has 0 unspecified atom stereocenters. The van der Waals surface area contributed by atoms with Gasteiger partial charge in [0, 0.05) is 42.4 Å². The van der Waals surface area contributed by atoms with Crippen LogP contribution < -0.4 is 20.3 Å². The number of nitrogens with two attached hydrogens (primary N) is 1. The lowest BCUT2D eigenvalue weighted by molar-refractivity contribution is 0.0997. The van der Waals surface area contributed by atoms with Gasteiger partial charge in [-0.15, -0.1) is 0 Å². The Labute approximate surface area is 154 Å². The van der Waals surface area contributed by atoms with E-state index in [1.54, 1.807) is 13.2 Å². The van der Waals surface area contributed by atoms with Crippen LogP contribution in [0.25, 0.3) is 0 Å². The topological polar surface area (TPSA) is 58.8 Å². The molecule has 5 nitrogen and oxygen atoms in total. The molecule has 2 aromatic rings. The van der Waals surface area contributed by atoms with E-state index >= 15 is 0 Å². The highest BCUT2D eigenvalue weighted by molar-refractivity contribution is 9.10. The number of hydrogen-bond donors (Lipinski definition) is 1. The molecule has 0 saturated carbocycles. The summed E-state index contributed by atoms with van der Waals surface area (Å²) in [7, 11) is 1.64. The third-order valence-corrected chi connectivity index (χ3v) is 4.78. The first-order valence-corrected chi connectivity index (χ1v) is 8.71. The Balaban J connectivity index is 1.80. The second-order valence-electron chi connectivity index (χ2n) is 5.82. The lowest BCUT2D eigenvalue weighted by atomic mass is 10.1. The summed E-state index contributed by atoms with van der Waals surface area (Å²) in [5.41, 5.74) is 6.93. The number of anilines is 2. The van der Waals surface area contributed by atoms with E-state index < -0.39 is 11.7 Å². The Bertz CT molecular complexity index is 792. The predicted octanol–water partition coefficient (Wildman–Crippen LogP) is 3.02. The van der Waals surface area contributed by atoms with Crippen LogP contribution in [0.15, 0.2) is 40.9 Å². The molecule has 1 saturated heterocycles. The molecule has 0 radical (unpaired) electrons. The van der Waals surface area contributed by atoms with Crippen molar-refractivity contribution < 1.29 is 13.9 Å². The second-order valence-corrected chi connectivity index (χ2v) is 6.74. The molecular weight excluding hydrogens is 389 g/mol. The maximum atomic E-state index is 14.2. The van der Waals surface area contributed by atoms with Crippen LogP contribution in [0.3, 0.4) is 0 Å². The molecule has 1 fully saturated rings. The van der Waals surface area contributed by atoms with Crippen molar-refractivity contribution >= 4 is 33.2 Å². The summed E-state index contributed by atoms with van der Waals surface area (Å²) in [6.45, 7) is 2.82. The molecule has 1 aliphatic heterocycles. The summed E-state index contributed by atoms with van der Waals surface area (Å²) in [5, 5.41) is 0. The van der Waals surface area contributed by atoms with Crippen molar-refractivity contribution in [3.8, 4) is 5.75 Å². The van der Waals surface area contributed by atoms with Gasteiger partial charge in [-0.3, -0.25) is 4.79 Å². The van der Waals surface area contributed by atoms with Crippen LogP contribution in [0.1, 0.15) is 10.4 Å². The number of halogens is 2. The molecule has 1 heterocycles. The van der Waals surface area contributed by atoms with Gasteiger partial charge in [-0.2, -0.15) is 0 Å². The molecule has 1 aliphatic rings. The SMILES string of the molecule is COc1cccc(N2CCN(c3cc(Br)cc(F)c3C(N)=O)CC2)c1. The van der Waals surface area contributed by atoms with E-state index in [9.17, 15) is 9.18 Å². The van der Waals surface area contributed by atoms with Gasteiger partial charge in [0.25, 0.3) is 5.91 Å². The molecule has 25 heavy (non-hydrogen) atoms. The molecular formula is C18H19BrFN3O2. The summed E-state index contributed by atoms with van der Waals surface area (Å²) in [6, 6.07) is 10.9. The van der Waals surface area contributed by atoms with Gasteiger partial charge in [-0.25, -0.2) is 4.39 Å². The Kier molecular flexibility index (Phi) is 5.13. The third kappa shape index (κ3) is 3.71. The van der Waals surface area contributed by atoms with Crippen LogP contribution in [0.5, 0.6) is 5.75 Å². The normalized spacial score (nSPS) is 14.5. The number of primary amides is 1. The maximum absolute atomic E-state index is 14.2. The number of hydrogen-bond acceptors (Lipinski definition) is 4. The van der Waals surface area contributed by atoms with Gasteiger partial charge in [-0.1, -0.05) is 22.0 Å². The van der Waals surface area contributed by atoms with Crippen LogP contribution >= 0.6 is 15.9 Å². The number of amides is 1. The van der Waals surface area contributed by atoms with Crippen molar-refractivity contribution in [2.24, 2.45) is 5.73 Å². The molecule has 0 spiro atoms. The van der Waals surface area contributed by atoms with Gasteiger partial charge >= 0.3 is 0 Å². The summed E-state index contributed by atoms with van der Waals surface area (Å²) in [4.78, 5) is 15.9. The number of carbonyl (C=O) groups is 1. The highest BCUT2D eigenvalue weighted by Crippen LogP contribution is 2.30. The molecule has 2 N–H and O–H groups in total. The number of rotatable bonds is 4. The highest BCUT2D eigenvalue weighted by Gasteiger charge is 2.24. The Morgan fingerprint density at radius 3 is 2.48 bits per heavy atom. The van der Waals surface area contributed by atoms with Crippen molar-refractivity contribution in [1.82, 2.24) is 0 Å². The zero-order chi connectivity index (χ0) is 18.0. The number of methoxy groups -OCH3 is 1. The Morgan fingerprint density at radius 1 is 1.16 bits per heavy atom. The molecule has 0 aliphatic carbocycles. The predicted molar refractivity (Wildman–Crippen MR) is 100 cm³/mol.